The maximum Gasteiger partial charge on any atom is 0.244 e. The summed E-state index contributed by atoms with van der Waals surface area (Å²) in [7, 11) is 2.05. The highest BCUT2D eigenvalue weighted by Crippen LogP contribution is 2.20. The van der Waals surface area contributed by atoms with Crippen LogP contribution in [0.5, 0.6) is 0 Å². The molecule has 0 saturated carbocycles. The normalized spacial score (nSPS) is 12.7. The van der Waals surface area contributed by atoms with Crippen LogP contribution < -0.4 is 4.57 Å². The van der Waals surface area contributed by atoms with Crippen LogP contribution in [0.2, 0.25) is 0 Å². The van der Waals surface area contributed by atoms with Gasteiger partial charge in [0.15, 0.2) is 0 Å². The molecule has 0 amide bonds. The molecule has 0 bridgehead atoms. The lowest BCUT2D eigenvalue weighted by Gasteiger charge is -2.11. The van der Waals surface area contributed by atoms with Crippen LogP contribution >= 0.6 is 0 Å². The van der Waals surface area contributed by atoms with Crippen molar-refractivity contribution in [1.82, 2.24) is 4.57 Å². The molecule has 1 atom stereocenters. The van der Waals surface area contributed by atoms with Gasteiger partial charge in [-0.15, -0.1) is 0 Å². The van der Waals surface area contributed by atoms with Crippen molar-refractivity contribution in [2.75, 3.05) is 0 Å². The SMILES string of the molecule is CCC(c1ccccc1)n1cc[n+](C)c1. The first-order valence-electron chi connectivity index (χ1n) is 5.39. The number of aryl methyl sites for hydroxylation is 1. The average molecular weight is 201 g/mol. The molecule has 2 nitrogen and oxygen atoms in total. The number of hydrogen-bond acceptors (Lipinski definition) is 0. The fourth-order valence-corrected chi connectivity index (χ4v) is 1.95. The molecule has 2 heteroatoms. The van der Waals surface area contributed by atoms with E-state index < -0.39 is 0 Å². The fourth-order valence-electron chi connectivity index (χ4n) is 1.95. The Bertz CT molecular complexity index is 417. The third-order valence-electron chi connectivity index (χ3n) is 2.72. The second-order valence-electron chi connectivity index (χ2n) is 3.86. The predicted octanol–water partition coefficient (Wildman–Crippen LogP) is 2.31. The van der Waals surface area contributed by atoms with E-state index in [1.54, 1.807) is 0 Å². The average Bonchev–Trinajstić information content (AvgIpc) is 2.68. The Kier molecular flexibility index (Phi) is 2.86. The first-order valence-corrected chi connectivity index (χ1v) is 5.39. The van der Waals surface area contributed by atoms with Crippen LogP contribution in [0.3, 0.4) is 0 Å². The largest absolute Gasteiger partial charge is 0.244 e. The van der Waals surface area contributed by atoms with E-state index in [9.17, 15) is 0 Å². The van der Waals surface area contributed by atoms with Gasteiger partial charge in [-0.05, 0) is 12.0 Å². The Balaban J connectivity index is 2.33. The summed E-state index contributed by atoms with van der Waals surface area (Å²) in [4.78, 5) is 0. The van der Waals surface area contributed by atoms with E-state index in [-0.39, 0.29) is 0 Å². The zero-order valence-corrected chi connectivity index (χ0v) is 9.30. The molecule has 0 aliphatic rings. The molecule has 0 fully saturated rings. The van der Waals surface area contributed by atoms with Crippen molar-refractivity contribution in [2.45, 2.75) is 19.4 Å². The molecule has 0 radical (unpaired) electrons. The topological polar surface area (TPSA) is 8.81 Å². The maximum atomic E-state index is 2.26. The highest BCUT2D eigenvalue weighted by atomic mass is 15.1. The van der Waals surface area contributed by atoms with Gasteiger partial charge in [0.2, 0.25) is 6.33 Å². The smallest absolute Gasteiger partial charge is 0.240 e. The van der Waals surface area contributed by atoms with Crippen molar-refractivity contribution in [1.29, 1.82) is 0 Å². The fraction of sp³-hybridized carbons (Fsp3) is 0.308. The van der Waals surface area contributed by atoms with Crippen molar-refractivity contribution >= 4 is 0 Å². The predicted molar refractivity (Wildman–Crippen MR) is 60.5 cm³/mol. The number of nitrogens with zero attached hydrogens (tertiary/aromatic N) is 2. The molecule has 0 spiro atoms. The lowest BCUT2D eigenvalue weighted by Crippen LogP contribution is -2.24. The van der Waals surface area contributed by atoms with E-state index >= 15 is 0 Å². The summed E-state index contributed by atoms with van der Waals surface area (Å²) < 4.78 is 4.33. The molecule has 2 rings (SSSR count). The molecule has 0 aliphatic heterocycles. The van der Waals surface area contributed by atoms with E-state index in [1.807, 2.05) is 7.05 Å². The zero-order chi connectivity index (χ0) is 10.7. The molecule has 2 aromatic rings. The maximum absolute atomic E-state index is 2.26. The Morgan fingerprint density at radius 1 is 1.27 bits per heavy atom. The molecule has 1 aromatic carbocycles. The van der Waals surface area contributed by atoms with Gasteiger partial charge in [0.1, 0.15) is 18.4 Å². The van der Waals surface area contributed by atoms with Gasteiger partial charge in [-0.3, -0.25) is 0 Å². The molecule has 1 aromatic heterocycles. The van der Waals surface area contributed by atoms with Crippen molar-refractivity contribution in [3.63, 3.8) is 0 Å². The minimum absolute atomic E-state index is 0.451. The number of benzene rings is 1. The highest BCUT2D eigenvalue weighted by molar-refractivity contribution is 5.19. The summed E-state index contributed by atoms with van der Waals surface area (Å²) in [6, 6.07) is 11.1. The quantitative estimate of drug-likeness (QED) is 0.674. The zero-order valence-electron chi connectivity index (χ0n) is 9.30. The van der Waals surface area contributed by atoms with Crippen LogP contribution in [0.4, 0.5) is 0 Å². The first kappa shape index (κ1) is 9.97. The summed E-state index contributed by atoms with van der Waals surface area (Å²) in [5.41, 5.74) is 1.37. The molecule has 78 valence electrons. The van der Waals surface area contributed by atoms with Crippen LogP contribution in [0.15, 0.2) is 49.1 Å². The number of imidazole rings is 1. The lowest BCUT2D eigenvalue weighted by molar-refractivity contribution is -0.671. The van der Waals surface area contributed by atoms with Gasteiger partial charge >= 0.3 is 0 Å². The van der Waals surface area contributed by atoms with Crippen LogP contribution in [0.1, 0.15) is 24.9 Å². The molecule has 1 heterocycles. The minimum atomic E-state index is 0.451. The van der Waals surface area contributed by atoms with Crippen molar-refractivity contribution in [2.24, 2.45) is 7.05 Å². The van der Waals surface area contributed by atoms with Gasteiger partial charge in [0.25, 0.3) is 0 Å². The van der Waals surface area contributed by atoms with Gasteiger partial charge in [-0.2, -0.15) is 0 Å². The Hall–Kier alpha value is -1.57. The number of rotatable bonds is 3. The van der Waals surface area contributed by atoms with Crippen LogP contribution in [-0.4, -0.2) is 4.57 Å². The number of aromatic nitrogens is 2. The molecule has 15 heavy (non-hydrogen) atoms. The lowest BCUT2D eigenvalue weighted by atomic mass is 10.0. The third kappa shape index (κ3) is 2.09. The van der Waals surface area contributed by atoms with Crippen LogP contribution in [-0.2, 0) is 7.05 Å². The standard InChI is InChI=1S/C13H17N2/c1-3-13(12-7-5-4-6-8-12)15-10-9-14(2)11-15/h4-11,13H,3H2,1-2H3/q+1. The van der Waals surface area contributed by atoms with E-state index in [0.717, 1.165) is 6.42 Å². The van der Waals surface area contributed by atoms with E-state index in [2.05, 4.69) is 65.1 Å². The second kappa shape index (κ2) is 4.30. The monoisotopic (exact) mass is 201 g/mol. The summed E-state index contributed by atoms with van der Waals surface area (Å²) in [5.74, 6) is 0. The van der Waals surface area contributed by atoms with E-state index in [0.29, 0.717) is 6.04 Å². The van der Waals surface area contributed by atoms with Gasteiger partial charge in [-0.25, -0.2) is 9.13 Å². The van der Waals surface area contributed by atoms with Crippen molar-refractivity contribution in [3.8, 4) is 0 Å². The third-order valence-corrected chi connectivity index (χ3v) is 2.72. The summed E-state index contributed by atoms with van der Waals surface area (Å²) in [5, 5.41) is 0. The Labute approximate surface area is 90.8 Å². The van der Waals surface area contributed by atoms with E-state index in [1.165, 1.54) is 5.56 Å². The molecule has 1 unspecified atom stereocenters. The van der Waals surface area contributed by atoms with Crippen molar-refractivity contribution < 1.29 is 4.57 Å². The van der Waals surface area contributed by atoms with Gasteiger partial charge in [-0.1, -0.05) is 37.3 Å². The van der Waals surface area contributed by atoms with Crippen LogP contribution in [0, 0.1) is 0 Å². The van der Waals surface area contributed by atoms with E-state index in [4.69, 9.17) is 0 Å². The highest BCUT2D eigenvalue weighted by Gasteiger charge is 2.15. The minimum Gasteiger partial charge on any atom is -0.240 e. The van der Waals surface area contributed by atoms with Crippen LogP contribution in [0.25, 0.3) is 0 Å². The molecular weight excluding hydrogens is 184 g/mol. The van der Waals surface area contributed by atoms with Gasteiger partial charge < -0.3 is 0 Å². The molecule has 0 aliphatic carbocycles. The second-order valence-corrected chi connectivity index (χ2v) is 3.86. The van der Waals surface area contributed by atoms with Crippen molar-refractivity contribution in [3.05, 3.63) is 54.6 Å². The van der Waals surface area contributed by atoms with Gasteiger partial charge in [0, 0.05) is 0 Å². The summed E-state index contributed by atoms with van der Waals surface area (Å²) in [6.07, 6.45) is 7.44. The molecular formula is C13H17N2+. The number of hydrogen-bond donors (Lipinski definition) is 0. The Morgan fingerprint density at radius 3 is 2.53 bits per heavy atom. The summed E-state index contributed by atoms with van der Waals surface area (Å²) >= 11 is 0. The molecule has 0 N–H and O–H groups in total. The first-order chi connectivity index (χ1) is 7.31. The van der Waals surface area contributed by atoms with Gasteiger partial charge in [0.05, 0.1) is 7.05 Å². The molecule has 0 saturated heterocycles. The Morgan fingerprint density at radius 2 is 2.00 bits per heavy atom. The summed E-state index contributed by atoms with van der Waals surface area (Å²) in [6.45, 7) is 2.22.